The van der Waals surface area contributed by atoms with Gasteiger partial charge in [-0.2, -0.15) is 0 Å². The molecular formula is C18H22ClN5O3. The summed E-state index contributed by atoms with van der Waals surface area (Å²) in [6.45, 7) is 6.61. The van der Waals surface area contributed by atoms with Gasteiger partial charge in [-0.15, -0.1) is 0 Å². The van der Waals surface area contributed by atoms with E-state index in [0.29, 0.717) is 18.7 Å². The quantitative estimate of drug-likeness (QED) is 0.557. The number of aromatic nitrogens is 2. The van der Waals surface area contributed by atoms with Gasteiger partial charge in [0.25, 0.3) is 11.6 Å². The molecule has 0 aliphatic carbocycles. The number of carbonyl (C=O) groups excluding carboxylic acids is 1. The van der Waals surface area contributed by atoms with Gasteiger partial charge >= 0.3 is 0 Å². The predicted octanol–water partition coefficient (Wildman–Crippen LogP) is 2.47. The topological polar surface area (TPSA) is 84.5 Å². The summed E-state index contributed by atoms with van der Waals surface area (Å²) < 4.78 is 2.16. The van der Waals surface area contributed by atoms with Crippen LogP contribution in [0.25, 0.3) is 0 Å². The van der Waals surface area contributed by atoms with E-state index in [4.69, 9.17) is 11.6 Å². The maximum Gasteiger partial charge on any atom is 0.288 e. The average Bonchev–Trinajstić information content (AvgIpc) is 3.14. The van der Waals surface area contributed by atoms with Crippen molar-refractivity contribution >= 4 is 23.2 Å². The van der Waals surface area contributed by atoms with Crippen LogP contribution in [0.3, 0.4) is 0 Å². The van der Waals surface area contributed by atoms with Crippen LogP contribution in [0.2, 0.25) is 5.02 Å². The van der Waals surface area contributed by atoms with Crippen LogP contribution in [0, 0.1) is 10.1 Å². The lowest BCUT2D eigenvalue weighted by Gasteiger charge is -2.34. The highest BCUT2D eigenvalue weighted by Crippen LogP contribution is 2.25. The second-order valence-corrected chi connectivity index (χ2v) is 6.85. The molecule has 8 nitrogen and oxygen atoms in total. The number of aryl methyl sites for hydroxylation is 1. The highest BCUT2D eigenvalue weighted by molar-refractivity contribution is 6.32. The monoisotopic (exact) mass is 391 g/mol. The summed E-state index contributed by atoms with van der Waals surface area (Å²) in [5, 5.41) is 11.0. The van der Waals surface area contributed by atoms with Crippen molar-refractivity contribution in [1.82, 2.24) is 19.4 Å². The van der Waals surface area contributed by atoms with Crippen LogP contribution in [0.15, 0.2) is 30.6 Å². The zero-order chi connectivity index (χ0) is 19.4. The van der Waals surface area contributed by atoms with E-state index >= 15 is 0 Å². The number of amides is 1. The van der Waals surface area contributed by atoms with Crippen molar-refractivity contribution in [2.75, 3.05) is 32.7 Å². The Bertz CT molecular complexity index is 830. The first-order chi connectivity index (χ1) is 13.0. The van der Waals surface area contributed by atoms with E-state index < -0.39 is 4.92 Å². The molecule has 0 radical (unpaired) electrons. The second-order valence-electron chi connectivity index (χ2n) is 6.45. The largest absolute Gasteiger partial charge is 0.336 e. The fourth-order valence-corrected chi connectivity index (χ4v) is 3.44. The van der Waals surface area contributed by atoms with Crippen molar-refractivity contribution in [2.24, 2.45) is 0 Å². The summed E-state index contributed by atoms with van der Waals surface area (Å²) in [5.74, 6) is 0.880. The van der Waals surface area contributed by atoms with Gasteiger partial charge in [-0.3, -0.25) is 19.8 Å². The van der Waals surface area contributed by atoms with Crippen molar-refractivity contribution in [3.63, 3.8) is 0 Å². The van der Waals surface area contributed by atoms with Gasteiger partial charge in [0.2, 0.25) is 0 Å². The standard InChI is InChI=1S/C18H22ClN5O3/c1-2-17-20-5-6-22(17)10-7-21-8-11-23(12-9-21)18(25)14-3-4-15(19)16(13-14)24(26)27/h3-6,13H,2,7-12H2,1H3. The van der Waals surface area contributed by atoms with E-state index in [1.807, 2.05) is 12.4 Å². The molecule has 1 aliphatic rings. The number of halogens is 1. The van der Waals surface area contributed by atoms with Crippen molar-refractivity contribution < 1.29 is 9.72 Å². The Morgan fingerprint density at radius 1 is 1.26 bits per heavy atom. The van der Waals surface area contributed by atoms with Crippen molar-refractivity contribution in [1.29, 1.82) is 0 Å². The number of nitro groups is 1. The summed E-state index contributed by atoms with van der Waals surface area (Å²) in [7, 11) is 0. The number of piperazine rings is 1. The molecule has 0 unspecified atom stereocenters. The Morgan fingerprint density at radius 3 is 2.67 bits per heavy atom. The van der Waals surface area contributed by atoms with E-state index in [1.165, 1.54) is 18.2 Å². The van der Waals surface area contributed by atoms with Gasteiger partial charge in [0.1, 0.15) is 10.8 Å². The Balaban J connectivity index is 1.55. The fourth-order valence-electron chi connectivity index (χ4n) is 3.25. The minimum Gasteiger partial charge on any atom is -0.336 e. The highest BCUT2D eigenvalue weighted by atomic mass is 35.5. The maximum atomic E-state index is 12.6. The van der Waals surface area contributed by atoms with E-state index in [9.17, 15) is 14.9 Å². The van der Waals surface area contributed by atoms with Crippen molar-refractivity contribution in [2.45, 2.75) is 19.9 Å². The maximum absolute atomic E-state index is 12.6. The van der Waals surface area contributed by atoms with Crippen LogP contribution >= 0.6 is 11.6 Å². The normalized spacial score (nSPS) is 15.1. The predicted molar refractivity (Wildman–Crippen MR) is 102 cm³/mol. The van der Waals surface area contributed by atoms with Gasteiger partial charge in [-0.1, -0.05) is 18.5 Å². The first-order valence-electron chi connectivity index (χ1n) is 8.95. The molecule has 1 aromatic carbocycles. The molecule has 1 saturated heterocycles. The van der Waals surface area contributed by atoms with E-state index in [2.05, 4.69) is 21.4 Å². The third-order valence-corrected chi connectivity index (χ3v) is 5.14. The average molecular weight is 392 g/mol. The lowest BCUT2D eigenvalue weighted by atomic mass is 10.1. The van der Waals surface area contributed by atoms with Crippen LogP contribution in [-0.4, -0.2) is 62.9 Å². The van der Waals surface area contributed by atoms with Crippen LogP contribution in [0.1, 0.15) is 23.1 Å². The minimum absolute atomic E-state index is 0.0346. The summed E-state index contributed by atoms with van der Waals surface area (Å²) in [4.78, 5) is 31.5. The SMILES string of the molecule is CCc1nccn1CCN1CCN(C(=O)c2ccc(Cl)c([N+](=O)[O-])c2)CC1. The molecule has 0 atom stereocenters. The molecule has 2 aromatic rings. The molecule has 0 spiro atoms. The molecule has 2 heterocycles. The molecule has 0 bridgehead atoms. The number of benzene rings is 1. The molecule has 1 aliphatic heterocycles. The van der Waals surface area contributed by atoms with Gasteiger partial charge in [0, 0.05) is 69.7 Å². The number of rotatable bonds is 6. The van der Waals surface area contributed by atoms with E-state index in [0.717, 1.165) is 38.4 Å². The zero-order valence-electron chi connectivity index (χ0n) is 15.2. The Morgan fingerprint density at radius 2 is 2.00 bits per heavy atom. The van der Waals surface area contributed by atoms with Crippen molar-refractivity contribution in [3.05, 3.63) is 57.1 Å². The molecule has 27 heavy (non-hydrogen) atoms. The van der Waals surface area contributed by atoms with Crippen LogP contribution < -0.4 is 0 Å². The zero-order valence-corrected chi connectivity index (χ0v) is 15.9. The lowest BCUT2D eigenvalue weighted by Crippen LogP contribution is -2.49. The number of nitro benzene ring substituents is 1. The molecule has 1 amide bonds. The fraction of sp³-hybridized carbons (Fsp3) is 0.444. The third kappa shape index (κ3) is 4.45. The minimum atomic E-state index is -0.572. The number of imidazole rings is 1. The molecule has 0 N–H and O–H groups in total. The smallest absolute Gasteiger partial charge is 0.288 e. The Kier molecular flexibility index (Phi) is 6.08. The van der Waals surface area contributed by atoms with Crippen LogP contribution in [-0.2, 0) is 13.0 Å². The lowest BCUT2D eigenvalue weighted by molar-refractivity contribution is -0.384. The Hall–Kier alpha value is -2.45. The number of carbonyl (C=O) groups is 1. The summed E-state index contributed by atoms with van der Waals surface area (Å²) in [5.41, 5.74) is 0.0544. The molecule has 1 aromatic heterocycles. The van der Waals surface area contributed by atoms with E-state index in [-0.39, 0.29) is 16.6 Å². The van der Waals surface area contributed by atoms with Crippen LogP contribution in [0.5, 0.6) is 0 Å². The molecule has 3 rings (SSSR count). The van der Waals surface area contributed by atoms with Crippen LogP contribution in [0.4, 0.5) is 5.69 Å². The van der Waals surface area contributed by atoms with Crippen molar-refractivity contribution in [3.8, 4) is 0 Å². The molecular weight excluding hydrogens is 370 g/mol. The van der Waals surface area contributed by atoms with E-state index in [1.54, 1.807) is 4.90 Å². The summed E-state index contributed by atoms with van der Waals surface area (Å²) in [6.07, 6.45) is 4.72. The first kappa shape index (κ1) is 19.3. The second kappa shape index (κ2) is 8.49. The highest BCUT2D eigenvalue weighted by Gasteiger charge is 2.24. The van der Waals surface area contributed by atoms with Gasteiger partial charge in [0.15, 0.2) is 0 Å². The summed E-state index contributed by atoms with van der Waals surface area (Å²) >= 11 is 5.82. The van der Waals surface area contributed by atoms with Gasteiger partial charge in [-0.05, 0) is 12.1 Å². The third-order valence-electron chi connectivity index (χ3n) is 4.82. The molecule has 9 heteroatoms. The summed E-state index contributed by atoms with van der Waals surface area (Å²) in [6, 6.07) is 4.19. The number of hydrogen-bond donors (Lipinski definition) is 0. The molecule has 144 valence electrons. The Labute approximate surface area is 162 Å². The van der Waals surface area contributed by atoms with Gasteiger partial charge in [0.05, 0.1) is 4.92 Å². The molecule has 1 fully saturated rings. The number of hydrogen-bond acceptors (Lipinski definition) is 5. The molecule has 0 saturated carbocycles. The number of nitrogens with zero attached hydrogens (tertiary/aromatic N) is 5. The van der Waals surface area contributed by atoms with Gasteiger partial charge in [-0.25, -0.2) is 4.98 Å². The first-order valence-corrected chi connectivity index (χ1v) is 9.33. The van der Waals surface area contributed by atoms with Gasteiger partial charge < -0.3 is 9.47 Å².